The van der Waals surface area contributed by atoms with Crippen molar-refractivity contribution >= 4 is 0 Å². The number of benzene rings is 2. The molecule has 1 unspecified atom stereocenters. The number of hydrogen-bond donors (Lipinski definition) is 1. The van der Waals surface area contributed by atoms with E-state index in [1.165, 1.54) is 12.1 Å². The van der Waals surface area contributed by atoms with Gasteiger partial charge in [0.25, 0.3) is 0 Å². The molecule has 0 aliphatic rings. The molecule has 3 heteroatoms. The molecular formula is C15H12FNO. The average molecular weight is 241 g/mol. The topological polar surface area (TPSA) is 44.0 Å². The zero-order valence-corrected chi connectivity index (χ0v) is 9.89. The fourth-order valence-corrected chi connectivity index (χ4v) is 1.87. The third-order valence-electron chi connectivity index (χ3n) is 2.88. The lowest BCUT2D eigenvalue weighted by atomic mass is 9.97. The van der Waals surface area contributed by atoms with Crippen LogP contribution in [0, 0.1) is 24.1 Å². The Hall–Kier alpha value is -2.18. The number of halogens is 1. The standard InChI is InChI=1S/C15H12FNO/c1-10-8-13(16)6-7-14(10)15(18)12-4-2-11(9-17)3-5-12/h2-8,15,18H,1H3. The van der Waals surface area contributed by atoms with Gasteiger partial charge in [0, 0.05) is 0 Å². The Morgan fingerprint density at radius 3 is 2.39 bits per heavy atom. The van der Waals surface area contributed by atoms with Crippen molar-refractivity contribution in [3.63, 3.8) is 0 Å². The van der Waals surface area contributed by atoms with Gasteiger partial charge in [-0.15, -0.1) is 0 Å². The minimum absolute atomic E-state index is 0.316. The highest BCUT2D eigenvalue weighted by Gasteiger charge is 2.13. The fourth-order valence-electron chi connectivity index (χ4n) is 1.87. The van der Waals surface area contributed by atoms with Crippen molar-refractivity contribution in [2.24, 2.45) is 0 Å². The third-order valence-corrected chi connectivity index (χ3v) is 2.88. The van der Waals surface area contributed by atoms with Crippen molar-refractivity contribution in [1.82, 2.24) is 0 Å². The van der Waals surface area contributed by atoms with Crippen LogP contribution >= 0.6 is 0 Å². The molecule has 0 amide bonds. The normalized spacial score (nSPS) is 11.9. The van der Waals surface area contributed by atoms with E-state index in [0.29, 0.717) is 22.3 Å². The van der Waals surface area contributed by atoms with Crippen LogP contribution in [0.5, 0.6) is 0 Å². The molecule has 0 saturated carbocycles. The number of aliphatic hydroxyl groups excluding tert-OH is 1. The van der Waals surface area contributed by atoms with Crippen LogP contribution in [0.2, 0.25) is 0 Å². The van der Waals surface area contributed by atoms with Crippen molar-refractivity contribution in [2.75, 3.05) is 0 Å². The molecule has 0 heterocycles. The lowest BCUT2D eigenvalue weighted by molar-refractivity contribution is 0.219. The number of nitrogens with zero attached hydrogens (tertiary/aromatic N) is 1. The van der Waals surface area contributed by atoms with E-state index in [0.717, 1.165) is 0 Å². The summed E-state index contributed by atoms with van der Waals surface area (Å²) < 4.78 is 13.0. The number of hydrogen-bond acceptors (Lipinski definition) is 2. The highest BCUT2D eigenvalue weighted by molar-refractivity contribution is 5.38. The predicted molar refractivity (Wildman–Crippen MR) is 66.4 cm³/mol. The van der Waals surface area contributed by atoms with Crippen LogP contribution in [-0.4, -0.2) is 5.11 Å². The number of aryl methyl sites for hydroxylation is 1. The molecule has 0 radical (unpaired) electrons. The summed E-state index contributed by atoms with van der Waals surface area (Å²) in [5, 5.41) is 18.9. The second-order valence-electron chi connectivity index (χ2n) is 4.14. The maximum Gasteiger partial charge on any atom is 0.123 e. The summed E-state index contributed by atoms with van der Waals surface area (Å²) in [6.45, 7) is 1.76. The average Bonchev–Trinajstić information content (AvgIpc) is 2.38. The SMILES string of the molecule is Cc1cc(F)ccc1C(O)c1ccc(C#N)cc1. The number of aliphatic hydroxyl groups is 1. The van der Waals surface area contributed by atoms with Crippen molar-refractivity contribution in [1.29, 1.82) is 5.26 Å². The van der Waals surface area contributed by atoms with Gasteiger partial charge in [0.05, 0.1) is 11.6 Å². The lowest BCUT2D eigenvalue weighted by Gasteiger charge is -2.14. The summed E-state index contributed by atoms with van der Waals surface area (Å²) in [5.41, 5.74) is 2.60. The minimum atomic E-state index is -0.807. The molecule has 0 spiro atoms. The first kappa shape index (κ1) is 12.3. The van der Waals surface area contributed by atoms with Crippen molar-refractivity contribution in [3.05, 3.63) is 70.5 Å². The lowest BCUT2D eigenvalue weighted by Crippen LogP contribution is -2.02. The van der Waals surface area contributed by atoms with Gasteiger partial charge < -0.3 is 5.11 Å². The molecule has 0 aliphatic carbocycles. The molecular weight excluding hydrogens is 229 g/mol. The van der Waals surface area contributed by atoms with Gasteiger partial charge >= 0.3 is 0 Å². The highest BCUT2D eigenvalue weighted by Crippen LogP contribution is 2.25. The molecule has 0 fully saturated rings. The summed E-state index contributed by atoms with van der Waals surface area (Å²) in [4.78, 5) is 0. The minimum Gasteiger partial charge on any atom is -0.384 e. The van der Waals surface area contributed by atoms with Crippen molar-refractivity contribution in [3.8, 4) is 6.07 Å². The Labute approximate surface area is 105 Å². The molecule has 1 atom stereocenters. The molecule has 2 nitrogen and oxygen atoms in total. The summed E-state index contributed by atoms with van der Waals surface area (Å²) in [6.07, 6.45) is -0.807. The van der Waals surface area contributed by atoms with E-state index in [1.54, 1.807) is 37.3 Å². The van der Waals surface area contributed by atoms with Gasteiger partial charge in [0.1, 0.15) is 11.9 Å². The van der Waals surface area contributed by atoms with Crippen LogP contribution in [0.3, 0.4) is 0 Å². The van der Waals surface area contributed by atoms with Crippen LogP contribution in [0.15, 0.2) is 42.5 Å². The van der Waals surface area contributed by atoms with Gasteiger partial charge in [0.15, 0.2) is 0 Å². The molecule has 0 aromatic heterocycles. The molecule has 90 valence electrons. The molecule has 0 aliphatic heterocycles. The maximum atomic E-state index is 13.0. The first-order valence-electron chi connectivity index (χ1n) is 5.56. The zero-order chi connectivity index (χ0) is 13.1. The molecule has 18 heavy (non-hydrogen) atoms. The smallest absolute Gasteiger partial charge is 0.123 e. The Morgan fingerprint density at radius 1 is 1.17 bits per heavy atom. The summed E-state index contributed by atoms with van der Waals surface area (Å²) in [7, 11) is 0. The van der Waals surface area contributed by atoms with E-state index >= 15 is 0 Å². The first-order chi connectivity index (χ1) is 8.61. The Kier molecular flexibility index (Phi) is 3.40. The number of nitriles is 1. The van der Waals surface area contributed by atoms with Gasteiger partial charge in [-0.25, -0.2) is 4.39 Å². The van der Waals surface area contributed by atoms with E-state index in [9.17, 15) is 9.50 Å². The second kappa shape index (κ2) is 4.99. The molecule has 1 N–H and O–H groups in total. The van der Waals surface area contributed by atoms with Crippen molar-refractivity contribution in [2.45, 2.75) is 13.0 Å². The Bertz CT molecular complexity index is 599. The van der Waals surface area contributed by atoms with Gasteiger partial charge in [0.2, 0.25) is 0 Å². The first-order valence-corrected chi connectivity index (χ1v) is 5.56. The van der Waals surface area contributed by atoms with Gasteiger partial charge in [-0.3, -0.25) is 0 Å². The largest absolute Gasteiger partial charge is 0.384 e. The van der Waals surface area contributed by atoms with E-state index < -0.39 is 6.10 Å². The molecule has 2 aromatic rings. The van der Waals surface area contributed by atoms with Crippen LogP contribution in [0.25, 0.3) is 0 Å². The zero-order valence-electron chi connectivity index (χ0n) is 9.89. The van der Waals surface area contributed by atoms with E-state index in [1.807, 2.05) is 6.07 Å². The van der Waals surface area contributed by atoms with E-state index in [2.05, 4.69) is 0 Å². The summed E-state index contributed by atoms with van der Waals surface area (Å²) >= 11 is 0. The van der Waals surface area contributed by atoms with Gasteiger partial charge in [-0.05, 0) is 47.9 Å². The van der Waals surface area contributed by atoms with E-state index in [4.69, 9.17) is 5.26 Å². The second-order valence-corrected chi connectivity index (χ2v) is 4.14. The van der Waals surface area contributed by atoms with Crippen LogP contribution < -0.4 is 0 Å². The highest BCUT2D eigenvalue weighted by atomic mass is 19.1. The summed E-state index contributed by atoms with van der Waals surface area (Å²) in [5.74, 6) is -0.316. The number of rotatable bonds is 2. The van der Waals surface area contributed by atoms with Crippen molar-refractivity contribution < 1.29 is 9.50 Å². The van der Waals surface area contributed by atoms with Gasteiger partial charge in [-0.1, -0.05) is 18.2 Å². The maximum absolute atomic E-state index is 13.0. The van der Waals surface area contributed by atoms with Crippen LogP contribution in [0.4, 0.5) is 4.39 Å². The predicted octanol–water partition coefficient (Wildman–Crippen LogP) is 3.09. The quantitative estimate of drug-likeness (QED) is 0.878. The van der Waals surface area contributed by atoms with E-state index in [-0.39, 0.29) is 5.82 Å². The molecule has 2 aromatic carbocycles. The Morgan fingerprint density at radius 2 is 1.83 bits per heavy atom. The monoisotopic (exact) mass is 241 g/mol. The molecule has 2 rings (SSSR count). The fraction of sp³-hybridized carbons (Fsp3) is 0.133. The Balaban J connectivity index is 2.35. The van der Waals surface area contributed by atoms with Gasteiger partial charge in [-0.2, -0.15) is 5.26 Å². The van der Waals surface area contributed by atoms with Crippen LogP contribution in [0.1, 0.15) is 28.4 Å². The molecule has 0 saturated heterocycles. The molecule has 0 bridgehead atoms. The summed E-state index contributed by atoms with van der Waals surface area (Å²) in [6, 6.07) is 13.0. The van der Waals surface area contributed by atoms with Crippen LogP contribution in [-0.2, 0) is 0 Å². The third kappa shape index (κ3) is 2.39.